The summed E-state index contributed by atoms with van der Waals surface area (Å²) in [6.07, 6.45) is 3.93. The van der Waals surface area contributed by atoms with Crippen molar-refractivity contribution in [1.82, 2.24) is 20.1 Å². The fraction of sp³-hybridized carbons (Fsp3) is 0.438. The van der Waals surface area contributed by atoms with Gasteiger partial charge in [0, 0.05) is 30.1 Å². The van der Waals surface area contributed by atoms with Gasteiger partial charge in [-0.25, -0.2) is 0 Å². The Bertz CT molecular complexity index is 757. The molecule has 1 atom stereocenters. The number of carbonyl (C=O) groups is 1. The van der Waals surface area contributed by atoms with Gasteiger partial charge in [-0.3, -0.25) is 4.79 Å². The van der Waals surface area contributed by atoms with Crippen LogP contribution < -0.4 is 10.6 Å². The first-order valence-corrected chi connectivity index (χ1v) is 8.32. The molecule has 6 nitrogen and oxygen atoms in total. The Kier molecular flexibility index (Phi) is 3.69. The Morgan fingerprint density at radius 1 is 1.39 bits per heavy atom. The van der Waals surface area contributed by atoms with Crippen molar-refractivity contribution in [3.8, 4) is 0 Å². The van der Waals surface area contributed by atoms with Crippen LogP contribution in [-0.4, -0.2) is 26.7 Å². The van der Waals surface area contributed by atoms with E-state index in [0.717, 1.165) is 48.7 Å². The Morgan fingerprint density at radius 3 is 3.22 bits per heavy atom. The summed E-state index contributed by atoms with van der Waals surface area (Å²) in [4.78, 5) is 12.4. The molecule has 0 spiro atoms. The van der Waals surface area contributed by atoms with E-state index in [1.807, 2.05) is 18.2 Å². The predicted octanol–water partition coefficient (Wildman–Crippen LogP) is 1.92. The van der Waals surface area contributed by atoms with Crippen molar-refractivity contribution in [3.05, 3.63) is 40.4 Å². The van der Waals surface area contributed by atoms with E-state index in [-0.39, 0.29) is 11.9 Å². The van der Waals surface area contributed by atoms with Crippen LogP contribution in [0.5, 0.6) is 0 Å². The number of fused-ring (bicyclic) bond motifs is 2. The SMILES string of the molecule is O=C(NCc1nnc2n1CCCC2)C1Cc2cc(Cl)ccc2N1. The average Bonchev–Trinajstić information content (AvgIpc) is 3.16. The van der Waals surface area contributed by atoms with Gasteiger partial charge in [-0.05, 0) is 36.6 Å². The van der Waals surface area contributed by atoms with Crippen molar-refractivity contribution in [3.63, 3.8) is 0 Å². The van der Waals surface area contributed by atoms with Crippen molar-refractivity contribution in [2.24, 2.45) is 0 Å². The number of aromatic nitrogens is 3. The summed E-state index contributed by atoms with van der Waals surface area (Å²) in [6, 6.07) is 5.40. The second-order valence-corrected chi connectivity index (χ2v) is 6.50. The van der Waals surface area contributed by atoms with Crippen LogP contribution in [-0.2, 0) is 30.7 Å². The first kappa shape index (κ1) is 14.5. The number of aryl methyl sites for hydroxylation is 1. The highest BCUT2D eigenvalue weighted by molar-refractivity contribution is 6.30. The minimum absolute atomic E-state index is 0.0227. The molecular weight excluding hydrogens is 314 g/mol. The number of hydrogen-bond donors (Lipinski definition) is 2. The second-order valence-electron chi connectivity index (χ2n) is 6.06. The lowest BCUT2D eigenvalue weighted by atomic mass is 10.1. The van der Waals surface area contributed by atoms with E-state index in [2.05, 4.69) is 25.4 Å². The highest BCUT2D eigenvalue weighted by atomic mass is 35.5. The number of halogens is 1. The Labute approximate surface area is 139 Å². The zero-order valence-electron chi connectivity index (χ0n) is 12.7. The monoisotopic (exact) mass is 331 g/mol. The van der Waals surface area contributed by atoms with E-state index in [0.29, 0.717) is 18.0 Å². The van der Waals surface area contributed by atoms with Crippen molar-refractivity contribution >= 4 is 23.2 Å². The molecule has 0 saturated heterocycles. The summed E-state index contributed by atoms with van der Waals surface area (Å²) in [6.45, 7) is 1.36. The minimum Gasteiger partial charge on any atom is -0.373 e. The van der Waals surface area contributed by atoms with Crippen LogP contribution in [0.15, 0.2) is 18.2 Å². The number of benzene rings is 1. The third-order valence-electron chi connectivity index (χ3n) is 4.49. The number of amides is 1. The van der Waals surface area contributed by atoms with Crippen molar-refractivity contribution < 1.29 is 4.79 Å². The molecule has 1 aromatic carbocycles. The molecule has 120 valence electrons. The van der Waals surface area contributed by atoms with E-state index in [1.165, 1.54) is 0 Å². The maximum absolute atomic E-state index is 12.4. The molecule has 0 radical (unpaired) electrons. The molecule has 0 bridgehead atoms. The molecule has 0 aliphatic carbocycles. The standard InChI is InChI=1S/C16H18ClN5O/c17-11-4-5-12-10(7-11)8-13(19-12)16(23)18-9-15-21-20-14-3-1-2-6-22(14)15/h4-5,7,13,19H,1-3,6,8-9H2,(H,18,23). The first-order valence-electron chi connectivity index (χ1n) is 7.94. The first-order chi connectivity index (χ1) is 11.2. The minimum atomic E-state index is -0.257. The van der Waals surface area contributed by atoms with Crippen LogP contribution in [0.4, 0.5) is 5.69 Å². The molecule has 0 fully saturated rings. The molecule has 2 aromatic rings. The Morgan fingerprint density at radius 2 is 2.30 bits per heavy atom. The highest BCUT2D eigenvalue weighted by Crippen LogP contribution is 2.28. The molecule has 2 aliphatic rings. The summed E-state index contributed by atoms with van der Waals surface area (Å²) in [5.41, 5.74) is 2.06. The van der Waals surface area contributed by atoms with Gasteiger partial charge in [0.15, 0.2) is 5.82 Å². The topological polar surface area (TPSA) is 71.8 Å². The average molecular weight is 332 g/mol. The zero-order chi connectivity index (χ0) is 15.8. The summed E-state index contributed by atoms with van der Waals surface area (Å²) in [5.74, 6) is 1.85. The van der Waals surface area contributed by atoms with Gasteiger partial charge in [-0.15, -0.1) is 10.2 Å². The highest BCUT2D eigenvalue weighted by Gasteiger charge is 2.27. The van der Waals surface area contributed by atoms with Gasteiger partial charge in [0.1, 0.15) is 11.9 Å². The lowest BCUT2D eigenvalue weighted by Crippen LogP contribution is -2.38. The van der Waals surface area contributed by atoms with E-state index in [1.54, 1.807) is 0 Å². The third-order valence-corrected chi connectivity index (χ3v) is 4.73. The lowest BCUT2D eigenvalue weighted by molar-refractivity contribution is -0.121. The summed E-state index contributed by atoms with van der Waals surface area (Å²) < 4.78 is 2.13. The van der Waals surface area contributed by atoms with E-state index >= 15 is 0 Å². The van der Waals surface area contributed by atoms with Gasteiger partial charge in [-0.1, -0.05) is 11.6 Å². The molecule has 0 saturated carbocycles. The quantitative estimate of drug-likeness (QED) is 0.901. The molecular formula is C16H18ClN5O. The molecule has 4 rings (SSSR count). The number of rotatable bonds is 3. The maximum Gasteiger partial charge on any atom is 0.243 e. The number of nitrogens with one attached hydrogen (secondary N) is 2. The maximum atomic E-state index is 12.4. The van der Waals surface area contributed by atoms with Gasteiger partial charge >= 0.3 is 0 Å². The fourth-order valence-corrected chi connectivity index (χ4v) is 3.47. The fourth-order valence-electron chi connectivity index (χ4n) is 3.28. The Balaban J connectivity index is 1.39. The van der Waals surface area contributed by atoms with Crippen LogP contribution in [0.2, 0.25) is 5.02 Å². The second kappa shape index (κ2) is 5.85. The summed E-state index contributed by atoms with van der Waals surface area (Å²) in [7, 11) is 0. The van der Waals surface area contributed by atoms with E-state index in [4.69, 9.17) is 11.6 Å². The van der Waals surface area contributed by atoms with Crippen molar-refractivity contribution in [2.45, 2.75) is 44.8 Å². The molecule has 1 unspecified atom stereocenters. The van der Waals surface area contributed by atoms with Crippen LogP contribution in [0.1, 0.15) is 30.1 Å². The van der Waals surface area contributed by atoms with Gasteiger partial charge < -0.3 is 15.2 Å². The largest absolute Gasteiger partial charge is 0.373 e. The number of carbonyl (C=O) groups excluding carboxylic acids is 1. The van der Waals surface area contributed by atoms with Crippen LogP contribution in [0.25, 0.3) is 0 Å². The van der Waals surface area contributed by atoms with Gasteiger partial charge in [0.25, 0.3) is 0 Å². The zero-order valence-corrected chi connectivity index (χ0v) is 13.4. The van der Waals surface area contributed by atoms with Crippen LogP contribution >= 0.6 is 11.6 Å². The van der Waals surface area contributed by atoms with Crippen LogP contribution in [0.3, 0.4) is 0 Å². The van der Waals surface area contributed by atoms with Crippen molar-refractivity contribution in [1.29, 1.82) is 0 Å². The molecule has 2 aliphatic heterocycles. The predicted molar refractivity (Wildman–Crippen MR) is 87.4 cm³/mol. The molecule has 3 heterocycles. The number of nitrogens with zero attached hydrogens (tertiary/aromatic N) is 3. The molecule has 23 heavy (non-hydrogen) atoms. The lowest BCUT2D eigenvalue weighted by Gasteiger charge is -2.16. The normalized spacial score (nSPS) is 18.9. The summed E-state index contributed by atoms with van der Waals surface area (Å²) in [5, 5.41) is 15.3. The third kappa shape index (κ3) is 2.79. The van der Waals surface area contributed by atoms with Gasteiger partial charge in [-0.2, -0.15) is 0 Å². The molecule has 7 heteroatoms. The molecule has 1 aromatic heterocycles. The molecule has 2 N–H and O–H groups in total. The van der Waals surface area contributed by atoms with Crippen LogP contribution in [0, 0.1) is 0 Å². The molecule has 1 amide bonds. The smallest absolute Gasteiger partial charge is 0.243 e. The van der Waals surface area contributed by atoms with Gasteiger partial charge in [0.05, 0.1) is 6.54 Å². The van der Waals surface area contributed by atoms with E-state index in [9.17, 15) is 4.79 Å². The number of hydrogen-bond acceptors (Lipinski definition) is 4. The Hall–Kier alpha value is -2.08. The van der Waals surface area contributed by atoms with Gasteiger partial charge in [0.2, 0.25) is 5.91 Å². The van der Waals surface area contributed by atoms with Crippen molar-refractivity contribution in [2.75, 3.05) is 5.32 Å². The summed E-state index contributed by atoms with van der Waals surface area (Å²) >= 11 is 6.00. The van der Waals surface area contributed by atoms with E-state index < -0.39 is 0 Å². The number of anilines is 1.